The number of nitrogens with one attached hydrogen (secondary N) is 1. The van der Waals surface area contributed by atoms with Crippen LogP contribution in [0.3, 0.4) is 0 Å². The van der Waals surface area contributed by atoms with Crippen molar-refractivity contribution in [3.05, 3.63) is 60.0 Å². The van der Waals surface area contributed by atoms with E-state index in [-0.39, 0.29) is 11.9 Å². The van der Waals surface area contributed by atoms with Gasteiger partial charge in [0.1, 0.15) is 17.0 Å². The largest absolute Gasteiger partial charge is 0.497 e. The van der Waals surface area contributed by atoms with Crippen LogP contribution in [0.1, 0.15) is 24.4 Å². The second-order valence-corrected chi connectivity index (χ2v) is 6.36. The Kier molecular flexibility index (Phi) is 6.69. The first-order valence-electron chi connectivity index (χ1n) is 9.22. The fraction of sp³-hybridized carbons (Fsp3) is 0.227. The van der Waals surface area contributed by atoms with Crippen LogP contribution in [0.4, 0.5) is 0 Å². The maximum Gasteiger partial charge on any atom is 0.331 e. The number of esters is 1. The molecule has 0 saturated carbocycles. The highest BCUT2D eigenvalue weighted by atomic mass is 16.5. The first-order chi connectivity index (χ1) is 14.5. The standard InChI is InChI=1S/C22H22N2O6/c1-14(16-12-15(27-2)8-9-18(16)28-3)23-20(25)13-29-22(26)11-10-21-24-17-6-4-5-7-19(17)30-21/h4-12,14H,13H2,1-3H3,(H,23,25)/b11-10+/t14-/m0/s1. The number of para-hydroxylation sites is 2. The van der Waals surface area contributed by atoms with Gasteiger partial charge < -0.3 is 23.9 Å². The zero-order chi connectivity index (χ0) is 21.5. The third-order valence-corrected chi connectivity index (χ3v) is 4.30. The normalized spacial score (nSPS) is 12.0. The zero-order valence-corrected chi connectivity index (χ0v) is 16.9. The molecule has 0 saturated heterocycles. The molecule has 1 N–H and O–H groups in total. The van der Waals surface area contributed by atoms with Crippen molar-refractivity contribution in [3.8, 4) is 11.5 Å². The monoisotopic (exact) mass is 410 g/mol. The van der Waals surface area contributed by atoms with Gasteiger partial charge >= 0.3 is 5.97 Å². The molecule has 8 nitrogen and oxygen atoms in total. The minimum absolute atomic E-state index is 0.274. The quantitative estimate of drug-likeness (QED) is 0.449. The lowest BCUT2D eigenvalue weighted by molar-refractivity contribution is -0.144. The number of benzene rings is 2. The van der Waals surface area contributed by atoms with Gasteiger partial charge in [0.25, 0.3) is 5.91 Å². The number of ether oxygens (including phenoxy) is 3. The summed E-state index contributed by atoms with van der Waals surface area (Å²) >= 11 is 0. The van der Waals surface area contributed by atoms with Crippen molar-refractivity contribution in [2.24, 2.45) is 0 Å². The Labute approximate surface area is 173 Å². The number of carbonyl (C=O) groups excluding carboxylic acids is 2. The summed E-state index contributed by atoms with van der Waals surface area (Å²) in [5.74, 6) is 0.399. The lowest BCUT2D eigenvalue weighted by atomic mass is 10.1. The second-order valence-electron chi connectivity index (χ2n) is 6.36. The zero-order valence-electron chi connectivity index (χ0n) is 16.9. The molecule has 1 heterocycles. The SMILES string of the molecule is COc1ccc(OC)c([C@H](C)NC(=O)COC(=O)/C=C/c2nc3ccccc3o2)c1. The number of nitrogens with zero attached hydrogens (tertiary/aromatic N) is 1. The van der Waals surface area contributed by atoms with Crippen molar-refractivity contribution in [1.29, 1.82) is 0 Å². The van der Waals surface area contributed by atoms with E-state index in [1.54, 1.807) is 51.5 Å². The summed E-state index contributed by atoms with van der Waals surface area (Å²) in [5.41, 5.74) is 2.05. The summed E-state index contributed by atoms with van der Waals surface area (Å²) in [4.78, 5) is 28.3. The van der Waals surface area contributed by atoms with Gasteiger partial charge in [-0.3, -0.25) is 4.79 Å². The Bertz CT molecular complexity index is 1040. The molecule has 1 aromatic heterocycles. The van der Waals surface area contributed by atoms with Gasteiger partial charge in [-0.1, -0.05) is 12.1 Å². The van der Waals surface area contributed by atoms with Crippen LogP contribution in [0, 0.1) is 0 Å². The topological polar surface area (TPSA) is 99.9 Å². The van der Waals surface area contributed by atoms with Gasteiger partial charge in [-0.25, -0.2) is 9.78 Å². The Morgan fingerprint density at radius 3 is 2.70 bits per heavy atom. The van der Waals surface area contributed by atoms with Crippen LogP contribution in [-0.2, 0) is 14.3 Å². The van der Waals surface area contributed by atoms with Crippen LogP contribution in [0.2, 0.25) is 0 Å². The van der Waals surface area contributed by atoms with E-state index in [0.29, 0.717) is 22.6 Å². The van der Waals surface area contributed by atoms with E-state index in [2.05, 4.69) is 10.3 Å². The maximum atomic E-state index is 12.2. The van der Waals surface area contributed by atoms with Gasteiger partial charge in [0, 0.05) is 17.7 Å². The van der Waals surface area contributed by atoms with E-state index >= 15 is 0 Å². The van der Waals surface area contributed by atoms with E-state index in [9.17, 15) is 9.59 Å². The van der Waals surface area contributed by atoms with Crippen molar-refractivity contribution in [3.63, 3.8) is 0 Å². The highest BCUT2D eigenvalue weighted by Crippen LogP contribution is 2.29. The molecule has 30 heavy (non-hydrogen) atoms. The number of rotatable bonds is 8. The molecule has 0 spiro atoms. The van der Waals surface area contributed by atoms with Gasteiger partial charge in [-0.2, -0.15) is 0 Å². The number of fused-ring (bicyclic) bond motifs is 1. The average Bonchev–Trinajstić information content (AvgIpc) is 3.18. The van der Waals surface area contributed by atoms with Crippen molar-refractivity contribution in [1.82, 2.24) is 10.3 Å². The minimum Gasteiger partial charge on any atom is -0.497 e. The molecule has 3 aromatic rings. The number of methoxy groups -OCH3 is 2. The molecule has 0 bridgehead atoms. The molecular weight excluding hydrogens is 388 g/mol. The summed E-state index contributed by atoms with van der Waals surface area (Å²) in [6, 6.07) is 12.2. The average molecular weight is 410 g/mol. The molecule has 0 aliphatic rings. The predicted octanol–water partition coefficient (Wildman–Crippen LogP) is 3.28. The van der Waals surface area contributed by atoms with Gasteiger partial charge in [0.2, 0.25) is 5.89 Å². The molecule has 1 amide bonds. The second kappa shape index (κ2) is 9.60. The summed E-state index contributed by atoms with van der Waals surface area (Å²) < 4.78 is 21.0. The van der Waals surface area contributed by atoms with E-state index in [1.165, 1.54) is 6.08 Å². The van der Waals surface area contributed by atoms with Crippen molar-refractivity contribution >= 4 is 29.1 Å². The molecule has 0 radical (unpaired) electrons. The van der Waals surface area contributed by atoms with Crippen LogP contribution in [-0.4, -0.2) is 37.7 Å². The molecule has 156 valence electrons. The van der Waals surface area contributed by atoms with Crippen LogP contribution in [0.15, 0.2) is 53.0 Å². The third-order valence-electron chi connectivity index (χ3n) is 4.30. The molecule has 0 aliphatic heterocycles. The first-order valence-corrected chi connectivity index (χ1v) is 9.22. The van der Waals surface area contributed by atoms with Gasteiger partial charge in [0.05, 0.1) is 20.3 Å². The molecule has 0 unspecified atom stereocenters. The number of hydrogen-bond donors (Lipinski definition) is 1. The number of aromatic nitrogens is 1. The lowest BCUT2D eigenvalue weighted by Gasteiger charge is -2.18. The highest BCUT2D eigenvalue weighted by molar-refractivity contribution is 5.89. The molecular formula is C22H22N2O6. The van der Waals surface area contributed by atoms with E-state index in [1.807, 2.05) is 12.1 Å². The van der Waals surface area contributed by atoms with Gasteiger partial charge in [-0.05, 0) is 37.3 Å². The van der Waals surface area contributed by atoms with Crippen LogP contribution in [0.25, 0.3) is 17.2 Å². The molecule has 8 heteroatoms. The van der Waals surface area contributed by atoms with Gasteiger partial charge in [0.15, 0.2) is 12.2 Å². The van der Waals surface area contributed by atoms with Crippen LogP contribution in [0.5, 0.6) is 11.5 Å². The molecule has 0 aliphatic carbocycles. The Morgan fingerprint density at radius 1 is 1.17 bits per heavy atom. The van der Waals surface area contributed by atoms with E-state index in [4.69, 9.17) is 18.6 Å². The smallest absolute Gasteiger partial charge is 0.331 e. The summed E-state index contributed by atoms with van der Waals surface area (Å²) in [5, 5.41) is 2.76. The van der Waals surface area contributed by atoms with Crippen molar-refractivity contribution in [2.45, 2.75) is 13.0 Å². The molecule has 3 rings (SSSR count). The summed E-state index contributed by atoms with van der Waals surface area (Å²) in [6.45, 7) is 1.37. The fourth-order valence-electron chi connectivity index (χ4n) is 2.82. The maximum absolute atomic E-state index is 12.2. The third kappa shape index (κ3) is 5.16. The van der Waals surface area contributed by atoms with E-state index in [0.717, 1.165) is 11.6 Å². The predicted molar refractivity (Wildman–Crippen MR) is 110 cm³/mol. The number of hydrogen-bond acceptors (Lipinski definition) is 7. The highest BCUT2D eigenvalue weighted by Gasteiger charge is 2.16. The van der Waals surface area contributed by atoms with Crippen molar-refractivity contribution < 1.29 is 28.2 Å². The molecule has 0 fully saturated rings. The Hall–Kier alpha value is -3.81. The number of carbonyl (C=O) groups is 2. The van der Waals surface area contributed by atoms with Gasteiger partial charge in [-0.15, -0.1) is 0 Å². The van der Waals surface area contributed by atoms with Crippen LogP contribution < -0.4 is 14.8 Å². The minimum atomic E-state index is -0.681. The summed E-state index contributed by atoms with van der Waals surface area (Å²) in [6.07, 6.45) is 2.55. The molecule has 1 atom stereocenters. The first kappa shape index (κ1) is 20.9. The summed E-state index contributed by atoms with van der Waals surface area (Å²) in [7, 11) is 3.10. The van der Waals surface area contributed by atoms with E-state index < -0.39 is 18.5 Å². The Balaban J connectivity index is 1.53. The Morgan fingerprint density at radius 2 is 1.97 bits per heavy atom. The lowest BCUT2D eigenvalue weighted by Crippen LogP contribution is -2.31. The number of oxazole rings is 1. The van der Waals surface area contributed by atoms with Crippen molar-refractivity contribution in [2.75, 3.05) is 20.8 Å². The number of amides is 1. The fourth-order valence-corrected chi connectivity index (χ4v) is 2.82. The molecule has 2 aromatic carbocycles. The van der Waals surface area contributed by atoms with Crippen LogP contribution >= 0.6 is 0 Å².